The number of nitrogens with zero attached hydrogens (tertiary/aromatic N) is 2. The third-order valence-corrected chi connectivity index (χ3v) is 19.0. The first kappa shape index (κ1) is 40.6. The molecule has 326 valence electrons. The fourth-order valence-electron chi connectivity index (χ4n) is 12.7. The van der Waals surface area contributed by atoms with E-state index >= 15 is 0 Å². The minimum Gasteiger partial charge on any atom is -0.376 e. The Balaban J connectivity index is 1.20. The zero-order valence-corrected chi connectivity index (χ0v) is 41.5. The number of fused-ring (bicyclic) bond motifs is 12. The zero-order chi connectivity index (χ0) is 45.2. The smallest absolute Gasteiger partial charge is 0.343 e. The normalized spacial score (nSPS) is 18.2. The predicted molar refractivity (Wildman–Crippen MR) is 289 cm³/mol. The maximum Gasteiger partial charge on any atom is 0.343 e. The van der Waals surface area contributed by atoms with Crippen LogP contribution in [0.15, 0.2) is 133 Å². The van der Waals surface area contributed by atoms with Gasteiger partial charge in [-0.1, -0.05) is 140 Å². The largest absolute Gasteiger partial charge is 0.376 e. The second kappa shape index (κ2) is 13.7. The van der Waals surface area contributed by atoms with Crippen molar-refractivity contribution in [1.82, 2.24) is 0 Å². The van der Waals surface area contributed by atoms with Gasteiger partial charge in [-0.05, 0) is 153 Å². The Labute approximate surface area is 399 Å². The van der Waals surface area contributed by atoms with E-state index in [1.54, 1.807) is 0 Å². The van der Waals surface area contributed by atoms with Crippen LogP contribution in [0.25, 0.3) is 52.5 Å². The van der Waals surface area contributed by atoms with E-state index in [4.69, 9.17) is 0 Å². The molecule has 4 aliphatic rings. The van der Waals surface area contributed by atoms with Crippen LogP contribution in [0.2, 0.25) is 0 Å². The van der Waals surface area contributed by atoms with E-state index < -0.39 is 0 Å². The lowest BCUT2D eigenvalue weighted by molar-refractivity contribution is 0.332. The zero-order valence-electron chi connectivity index (χ0n) is 39.8. The Morgan fingerprint density at radius 2 is 1.09 bits per heavy atom. The summed E-state index contributed by atoms with van der Waals surface area (Å²) in [6, 6.07) is 52.1. The Bertz CT molecular complexity index is 3530. The maximum absolute atomic E-state index is 2.77. The third-order valence-electron chi connectivity index (χ3n) is 16.7. The van der Waals surface area contributed by atoms with Gasteiger partial charge in [0.2, 0.25) is 0 Å². The second-order valence-corrected chi connectivity index (χ2v) is 24.8. The molecule has 0 saturated heterocycles. The molecule has 2 aromatic heterocycles. The number of hydrogen-bond donors (Lipinski definition) is 0. The van der Waals surface area contributed by atoms with Crippen LogP contribution in [0.3, 0.4) is 0 Å². The molecule has 13 rings (SSSR count). The van der Waals surface area contributed by atoms with Crippen molar-refractivity contribution in [3.8, 4) is 22.3 Å². The van der Waals surface area contributed by atoms with Crippen molar-refractivity contribution in [3.05, 3.63) is 161 Å². The minimum atomic E-state index is -0.0529. The summed E-state index contributed by atoms with van der Waals surface area (Å²) in [5.41, 5.74) is 20.8. The highest BCUT2D eigenvalue weighted by molar-refractivity contribution is 7.32. The van der Waals surface area contributed by atoms with Crippen molar-refractivity contribution in [3.63, 3.8) is 0 Å². The molecule has 9 aromatic rings. The van der Waals surface area contributed by atoms with E-state index in [1.807, 2.05) is 22.7 Å². The Hall–Kier alpha value is -5.62. The van der Waals surface area contributed by atoms with Gasteiger partial charge in [-0.25, -0.2) is 0 Å². The van der Waals surface area contributed by atoms with Gasteiger partial charge in [0, 0.05) is 63.3 Å². The van der Waals surface area contributed by atoms with Gasteiger partial charge in [0.1, 0.15) is 0 Å². The molecule has 66 heavy (non-hydrogen) atoms. The van der Waals surface area contributed by atoms with Crippen molar-refractivity contribution in [2.24, 2.45) is 0 Å². The first-order valence-electron chi connectivity index (χ1n) is 24.2. The molecule has 0 radical (unpaired) electrons. The number of thiophene rings is 2. The summed E-state index contributed by atoms with van der Waals surface area (Å²) in [7, 11) is 0. The molecule has 0 saturated carbocycles. The molecule has 2 nitrogen and oxygen atoms in total. The van der Waals surface area contributed by atoms with E-state index in [-0.39, 0.29) is 28.5 Å². The van der Waals surface area contributed by atoms with Gasteiger partial charge >= 0.3 is 6.85 Å². The monoisotopic (exact) mass is 892 g/mol. The summed E-state index contributed by atoms with van der Waals surface area (Å²) < 4.78 is 5.43. The molecule has 5 heteroatoms. The highest BCUT2D eigenvalue weighted by Gasteiger charge is 2.49. The molecule has 0 fully saturated rings. The van der Waals surface area contributed by atoms with Gasteiger partial charge in [0.15, 0.2) is 0 Å². The predicted octanol–water partition coefficient (Wildman–Crippen LogP) is 16.7. The van der Waals surface area contributed by atoms with Gasteiger partial charge in [0.25, 0.3) is 0 Å². The lowest BCUT2D eigenvalue weighted by Crippen LogP contribution is -2.60. The molecule has 7 aromatic carbocycles. The molecule has 2 aliphatic heterocycles. The molecule has 0 atom stereocenters. The number of rotatable bonds is 3. The summed E-state index contributed by atoms with van der Waals surface area (Å²) in [5.74, 6) is 0. The summed E-state index contributed by atoms with van der Waals surface area (Å²) in [6.07, 6.45) is 4.75. The highest BCUT2D eigenvalue weighted by Crippen LogP contribution is 2.57. The van der Waals surface area contributed by atoms with Gasteiger partial charge in [-0.3, -0.25) is 0 Å². The van der Waals surface area contributed by atoms with Crippen LogP contribution >= 0.6 is 22.7 Å². The maximum atomic E-state index is 2.77. The number of hydrogen-bond acceptors (Lipinski definition) is 4. The number of benzene rings is 7. The quantitative estimate of drug-likeness (QED) is 0.163. The molecule has 0 unspecified atom stereocenters. The van der Waals surface area contributed by atoms with Crippen molar-refractivity contribution in [2.45, 2.75) is 110 Å². The first-order chi connectivity index (χ1) is 31.6. The average molecular weight is 893 g/mol. The fraction of sp³-hybridized carbons (Fsp3) is 0.279. The minimum absolute atomic E-state index is 0.0529. The summed E-state index contributed by atoms with van der Waals surface area (Å²) >= 11 is 3.95. The van der Waals surface area contributed by atoms with E-state index in [9.17, 15) is 0 Å². The van der Waals surface area contributed by atoms with Gasteiger partial charge in [-0.15, -0.1) is 22.7 Å². The van der Waals surface area contributed by atoms with Gasteiger partial charge < -0.3 is 9.71 Å². The molecule has 2 aliphatic carbocycles. The fourth-order valence-corrected chi connectivity index (χ4v) is 15.1. The molecular weight excluding hydrogens is 836 g/mol. The van der Waals surface area contributed by atoms with Crippen molar-refractivity contribution < 1.29 is 0 Å². The molecule has 0 amide bonds. The van der Waals surface area contributed by atoms with Gasteiger partial charge in [0.05, 0.1) is 5.69 Å². The first-order valence-corrected chi connectivity index (χ1v) is 25.8. The molecule has 4 heterocycles. The van der Waals surface area contributed by atoms with Crippen LogP contribution in [-0.2, 0) is 21.7 Å². The SMILES string of the molecule is Cc1cc2c(cc1N1c3cc4sc5ccccc5c4c4c3B(c3sc5ccccc5c31)N(c1ccc3c(c1)C(C)(C)CCC3(C)C)c1ccc(-c3ccccc3)cc1-4)C(C)(C)CCC2(C)C. The van der Waals surface area contributed by atoms with Crippen molar-refractivity contribution in [1.29, 1.82) is 0 Å². The van der Waals surface area contributed by atoms with Crippen molar-refractivity contribution >= 4 is 98.5 Å². The lowest BCUT2D eigenvalue weighted by atomic mass is 9.46. The van der Waals surface area contributed by atoms with Crippen LogP contribution in [0.4, 0.5) is 28.4 Å². The number of aryl methyl sites for hydroxylation is 1. The van der Waals surface area contributed by atoms with Gasteiger partial charge in [-0.2, -0.15) is 0 Å². The van der Waals surface area contributed by atoms with E-state index in [1.165, 1.54) is 145 Å². The average Bonchev–Trinajstić information content (AvgIpc) is 3.88. The third kappa shape index (κ3) is 5.66. The van der Waals surface area contributed by atoms with Crippen LogP contribution in [0.1, 0.15) is 109 Å². The Morgan fingerprint density at radius 1 is 0.485 bits per heavy atom. The number of anilines is 5. The van der Waals surface area contributed by atoms with E-state index in [0.717, 1.165) is 0 Å². The topological polar surface area (TPSA) is 6.48 Å². The van der Waals surface area contributed by atoms with Crippen LogP contribution in [0, 0.1) is 6.92 Å². The Kier molecular flexibility index (Phi) is 8.46. The standard InChI is InChI=1S/C61H57BN2S2/c1-36-31-44-46(61(8,9)30-29-59(44,4)5)34-48(36)63-49-35-52-53(40-19-13-15-21-50(40)65-52)54-42-32-38(37-17-11-10-12-18-37)23-26-47(42)64(39-24-25-43-45(33-39)60(6,7)28-27-58(43,2)3)62(55(49)54)57-56(63)41-20-14-16-22-51(41)66-57/h10-26,31-35H,27-30H2,1-9H3. The highest BCUT2D eigenvalue weighted by atomic mass is 32.1. The molecular formula is C61H57BN2S2. The second-order valence-electron chi connectivity index (χ2n) is 22.6. The lowest BCUT2D eigenvalue weighted by Gasteiger charge is -2.47. The van der Waals surface area contributed by atoms with Crippen LogP contribution in [0.5, 0.6) is 0 Å². The van der Waals surface area contributed by atoms with Crippen LogP contribution in [-0.4, -0.2) is 6.85 Å². The van der Waals surface area contributed by atoms with Crippen LogP contribution < -0.4 is 20.0 Å². The van der Waals surface area contributed by atoms with E-state index in [0.29, 0.717) is 0 Å². The summed E-state index contributed by atoms with van der Waals surface area (Å²) in [6.45, 7) is 22.0. The summed E-state index contributed by atoms with van der Waals surface area (Å²) in [4.78, 5) is 5.51. The van der Waals surface area contributed by atoms with Crippen molar-refractivity contribution in [2.75, 3.05) is 9.71 Å². The van der Waals surface area contributed by atoms with E-state index in [2.05, 4.69) is 205 Å². The molecule has 0 N–H and O–H groups in total. The molecule has 0 bridgehead atoms. The Morgan fingerprint density at radius 3 is 1.80 bits per heavy atom. The molecule has 0 spiro atoms. The summed E-state index contributed by atoms with van der Waals surface area (Å²) in [5, 5.41) is 4.06.